The molecule has 15 heavy (non-hydrogen) atoms. The van der Waals surface area contributed by atoms with Gasteiger partial charge in [-0.25, -0.2) is 0 Å². The summed E-state index contributed by atoms with van der Waals surface area (Å²) in [4.78, 5) is 22.0. The zero-order chi connectivity index (χ0) is 11.4. The van der Waals surface area contributed by atoms with E-state index in [2.05, 4.69) is 15.9 Å². The quantitative estimate of drug-likeness (QED) is 0.624. The molecule has 0 aliphatic heterocycles. The molecule has 1 aromatic rings. The Kier molecular flexibility index (Phi) is 4.03. The molecule has 0 amide bonds. The molecule has 0 unspecified atom stereocenters. The standard InChI is InChI=1S/C11H11BrO3/c1-3-15-10-5-8(7(2)14)4-9(6-13)11(10)12/h4-6H,3H2,1-2H3. The SMILES string of the molecule is CCOc1cc(C(C)=O)cc(C=O)c1Br. The van der Waals surface area contributed by atoms with E-state index in [0.29, 0.717) is 34.2 Å². The molecule has 0 spiro atoms. The lowest BCUT2D eigenvalue weighted by molar-refractivity contribution is 0.101. The average Bonchev–Trinajstić information content (AvgIpc) is 2.21. The van der Waals surface area contributed by atoms with Crippen LogP contribution in [-0.4, -0.2) is 18.7 Å². The normalized spacial score (nSPS) is 9.80. The predicted molar refractivity (Wildman–Crippen MR) is 60.7 cm³/mol. The summed E-state index contributed by atoms with van der Waals surface area (Å²) >= 11 is 3.26. The average molecular weight is 271 g/mol. The molecule has 80 valence electrons. The van der Waals surface area contributed by atoms with E-state index in [1.165, 1.54) is 6.92 Å². The van der Waals surface area contributed by atoms with Crippen LogP contribution in [0.3, 0.4) is 0 Å². The monoisotopic (exact) mass is 270 g/mol. The highest BCUT2D eigenvalue weighted by molar-refractivity contribution is 9.10. The number of carbonyl (C=O) groups is 2. The van der Waals surface area contributed by atoms with Crippen molar-refractivity contribution in [3.63, 3.8) is 0 Å². The zero-order valence-corrected chi connectivity index (χ0v) is 10.1. The molecule has 0 aliphatic rings. The Bertz CT molecular complexity index is 399. The van der Waals surface area contributed by atoms with E-state index >= 15 is 0 Å². The van der Waals surface area contributed by atoms with Crippen LogP contribution < -0.4 is 4.74 Å². The lowest BCUT2D eigenvalue weighted by atomic mass is 10.1. The van der Waals surface area contributed by atoms with Gasteiger partial charge in [0.1, 0.15) is 5.75 Å². The molecule has 0 aliphatic carbocycles. The summed E-state index contributed by atoms with van der Waals surface area (Å²) in [5.74, 6) is 0.429. The highest BCUT2D eigenvalue weighted by atomic mass is 79.9. The fraction of sp³-hybridized carbons (Fsp3) is 0.273. The maximum atomic E-state index is 11.2. The molecule has 0 N–H and O–H groups in total. The maximum Gasteiger partial charge on any atom is 0.159 e. The smallest absolute Gasteiger partial charge is 0.159 e. The first-order valence-electron chi connectivity index (χ1n) is 4.52. The second-order valence-electron chi connectivity index (χ2n) is 2.98. The van der Waals surface area contributed by atoms with E-state index in [4.69, 9.17) is 4.74 Å². The molecular formula is C11H11BrO3. The Balaban J connectivity index is 3.31. The first kappa shape index (κ1) is 11.9. The molecule has 0 atom stereocenters. The van der Waals surface area contributed by atoms with Crippen LogP contribution >= 0.6 is 15.9 Å². The van der Waals surface area contributed by atoms with E-state index in [9.17, 15) is 9.59 Å². The van der Waals surface area contributed by atoms with Crippen LogP contribution in [0.5, 0.6) is 5.75 Å². The van der Waals surface area contributed by atoms with Crippen LogP contribution in [0.4, 0.5) is 0 Å². The third kappa shape index (κ3) is 2.65. The van der Waals surface area contributed by atoms with Crippen LogP contribution in [-0.2, 0) is 0 Å². The van der Waals surface area contributed by atoms with Gasteiger partial charge in [-0.05, 0) is 41.9 Å². The number of benzene rings is 1. The van der Waals surface area contributed by atoms with E-state index in [0.717, 1.165) is 0 Å². The van der Waals surface area contributed by atoms with E-state index < -0.39 is 0 Å². The zero-order valence-electron chi connectivity index (χ0n) is 8.54. The van der Waals surface area contributed by atoms with Crippen molar-refractivity contribution in [3.05, 3.63) is 27.7 Å². The molecular weight excluding hydrogens is 260 g/mol. The molecule has 0 aromatic heterocycles. The topological polar surface area (TPSA) is 43.4 Å². The highest BCUT2D eigenvalue weighted by Crippen LogP contribution is 2.29. The van der Waals surface area contributed by atoms with Gasteiger partial charge in [0.25, 0.3) is 0 Å². The molecule has 3 nitrogen and oxygen atoms in total. The third-order valence-electron chi connectivity index (χ3n) is 1.90. The lowest BCUT2D eigenvalue weighted by Crippen LogP contribution is -2.00. The minimum absolute atomic E-state index is 0.0912. The molecule has 0 bridgehead atoms. The van der Waals surface area contributed by atoms with Crippen LogP contribution in [0, 0.1) is 0 Å². The summed E-state index contributed by atoms with van der Waals surface area (Å²) in [6.45, 7) is 3.78. The molecule has 4 heteroatoms. The van der Waals surface area contributed by atoms with Crippen LogP contribution in [0.15, 0.2) is 16.6 Å². The van der Waals surface area contributed by atoms with Crippen molar-refractivity contribution in [1.82, 2.24) is 0 Å². The third-order valence-corrected chi connectivity index (χ3v) is 2.75. The van der Waals surface area contributed by atoms with E-state index in [1.54, 1.807) is 12.1 Å². The fourth-order valence-electron chi connectivity index (χ4n) is 1.17. The highest BCUT2D eigenvalue weighted by Gasteiger charge is 2.11. The summed E-state index contributed by atoms with van der Waals surface area (Å²) in [6, 6.07) is 3.17. The van der Waals surface area contributed by atoms with Crippen LogP contribution in [0.1, 0.15) is 34.6 Å². The number of ether oxygens (including phenoxy) is 1. The Labute approximate surface area is 96.6 Å². The van der Waals surface area contributed by atoms with Gasteiger partial charge in [-0.2, -0.15) is 0 Å². The van der Waals surface area contributed by atoms with Gasteiger partial charge in [-0.3, -0.25) is 9.59 Å². The molecule has 0 fully saturated rings. The number of hydrogen-bond donors (Lipinski definition) is 0. The van der Waals surface area contributed by atoms with Gasteiger partial charge in [0.2, 0.25) is 0 Å². The van der Waals surface area contributed by atoms with Gasteiger partial charge >= 0.3 is 0 Å². The summed E-state index contributed by atoms with van der Waals surface area (Å²) < 4.78 is 5.90. The van der Waals surface area contributed by atoms with Gasteiger partial charge in [0, 0.05) is 11.1 Å². The minimum atomic E-state index is -0.0912. The summed E-state index contributed by atoms with van der Waals surface area (Å²) in [5, 5.41) is 0. The Morgan fingerprint density at radius 1 is 1.53 bits per heavy atom. The number of carbonyl (C=O) groups excluding carboxylic acids is 2. The molecule has 1 rings (SSSR count). The Hall–Kier alpha value is -1.16. The molecule has 0 heterocycles. The van der Waals surface area contributed by atoms with Gasteiger partial charge in [-0.15, -0.1) is 0 Å². The van der Waals surface area contributed by atoms with Crippen molar-refractivity contribution >= 4 is 28.0 Å². The number of rotatable bonds is 4. The lowest BCUT2D eigenvalue weighted by Gasteiger charge is -2.09. The summed E-state index contributed by atoms with van der Waals surface area (Å²) in [5.41, 5.74) is 0.898. The van der Waals surface area contributed by atoms with Gasteiger partial charge in [-0.1, -0.05) is 0 Å². The Morgan fingerprint density at radius 2 is 2.20 bits per heavy atom. The van der Waals surface area contributed by atoms with E-state index in [1.807, 2.05) is 6.92 Å². The first-order valence-corrected chi connectivity index (χ1v) is 5.32. The van der Waals surface area contributed by atoms with E-state index in [-0.39, 0.29) is 5.78 Å². The number of halogens is 1. The van der Waals surface area contributed by atoms with Gasteiger partial charge in [0.05, 0.1) is 11.1 Å². The van der Waals surface area contributed by atoms with Crippen molar-refractivity contribution in [3.8, 4) is 5.75 Å². The van der Waals surface area contributed by atoms with Crippen molar-refractivity contribution < 1.29 is 14.3 Å². The minimum Gasteiger partial charge on any atom is -0.493 e. The number of hydrogen-bond acceptors (Lipinski definition) is 3. The van der Waals surface area contributed by atoms with Crippen molar-refractivity contribution in [1.29, 1.82) is 0 Å². The molecule has 0 saturated heterocycles. The number of Topliss-reactive ketones (excluding diaryl/α,β-unsaturated/α-hetero) is 1. The molecule has 1 aromatic carbocycles. The second kappa shape index (κ2) is 5.07. The largest absolute Gasteiger partial charge is 0.493 e. The summed E-state index contributed by atoms with van der Waals surface area (Å²) in [7, 11) is 0. The molecule has 0 saturated carbocycles. The van der Waals surface area contributed by atoms with Crippen molar-refractivity contribution in [2.75, 3.05) is 6.61 Å². The first-order chi connectivity index (χ1) is 7.10. The second-order valence-corrected chi connectivity index (χ2v) is 3.78. The number of ketones is 1. The molecule has 0 radical (unpaired) electrons. The van der Waals surface area contributed by atoms with Crippen molar-refractivity contribution in [2.45, 2.75) is 13.8 Å². The Morgan fingerprint density at radius 3 is 2.67 bits per heavy atom. The maximum absolute atomic E-state index is 11.2. The van der Waals surface area contributed by atoms with Crippen LogP contribution in [0.25, 0.3) is 0 Å². The predicted octanol–water partition coefficient (Wildman–Crippen LogP) is 2.86. The fourth-order valence-corrected chi connectivity index (χ4v) is 1.61. The van der Waals surface area contributed by atoms with Crippen LogP contribution in [0.2, 0.25) is 0 Å². The number of aldehydes is 1. The van der Waals surface area contributed by atoms with Gasteiger partial charge in [0.15, 0.2) is 12.1 Å². The van der Waals surface area contributed by atoms with Gasteiger partial charge < -0.3 is 4.74 Å². The van der Waals surface area contributed by atoms with Crippen molar-refractivity contribution in [2.24, 2.45) is 0 Å². The summed E-state index contributed by atoms with van der Waals surface area (Å²) in [6.07, 6.45) is 0.693.